The fourth-order valence-corrected chi connectivity index (χ4v) is 3.73. The molecule has 7 nitrogen and oxygen atoms in total. The highest BCUT2D eigenvalue weighted by molar-refractivity contribution is 5.85. The summed E-state index contributed by atoms with van der Waals surface area (Å²) < 4.78 is 6.08. The molecule has 2 aliphatic heterocycles. The highest BCUT2D eigenvalue weighted by Gasteiger charge is 2.41. The molecule has 0 aromatic heterocycles. The molecule has 3 rings (SSSR count). The molecule has 0 saturated carbocycles. The van der Waals surface area contributed by atoms with Crippen LogP contribution in [0, 0.1) is 0 Å². The van der Waals surface area contributed by atoms with Crippen LogP contribution in [-0.4, -0.2) is 92.1 Å². The quantitative estimate of drug-likeness (QED) is 0.583. The van der Waals surface area contributed by atoms with Crippen molar-refractivity contribution in [1.82, 2.24) is 20.0 Å². The maximum absolute atomic E-state index is 12.0. The highest BCUT2D eigenvalue weighted by Crippen LogP contribution is 2.24. The van der Waals surface area contributed by atoms with Gasteiger partial charge in [0.2, 0.25) is 5.91 Å². The van der Waals surface area contributed by atoms with Gasteiger partial charge in [0.1, 0.15) is 6.54 Å². The number of rotatable bonds is 6. The number of hydrogen-bond acceptors (Lipinski definition) is 4. The second kappa shape index (κ2) is 9.89. The van der Waals surface area contributed by atoms with E-state index >= 15 is 0 Å². The Kier molecular flexibility index (Phi) is 7.28. The molecule has 1 amide bonds. The lowest BCUT2D eigenvalue weighted by molar-refractivity contribution is -0.127. The van der Waals surface area contributed by atoms with Gasteiger partial charge in [-0.3, -0.25) is 9.69 Å². The number of carbonyl (C=O) groups excluding carboxylic acids is 1. The Hall–Kier alpha value is -2.12. The molecule has 0 radical (unpaired) electrons. The SMILES string of the molecule is CCCNC(=NCC(=O)N(C)C)N1CC2OCCN(Cc3ccccc3)C2C1. The summed E-state index contributed by atoms with van der Waals surface area (Å²) in [4.78, 5) is 22.9. The van der Waals surface area contributed by atoms with Gasteiger partial charge in [0, 0.05) is 46.8 Å². The number of nitrogens with zero attached hydrogens (tertiary/aromatic N) is 4. The molecular weight excluding hydrogens is 354 g/mol. The molecule has 1 aromatic carbocycles. The third-order valence-electron chi connectivity index (χ3n) is 5.34. The first-order valence-corrected chi connectivity index (χ1v) is 10.2. The van der Waals surface area contributed by atoms with Crippen LogP contribution in [0.4, 0.5) is 0 Å². The van der Waals surface area contributed by atoms with Crippen LogP contribution in [0.2, 0.25) is 0 Å². The van der Waals surface area contributed by atoms with E-state index in [2.05, 4.69) is 57.4 Å². The van der Waals surface area contributed by atoms with Crippen LogP contribution in [-0.2, 0) is 16.1 Å². The largest absolute Gasteiger partial charge is 0.373 e. The molecule has 154 valence electrons. The fourth-order valence-electron chi connectivity index (χ4n) is 3.73. The van der Waals surface area contributed by atoms with Gasteiger partial charge in [0.15, 0.2) is 5.96 Å². The predicted octanol–water partition coefficient (Wildman–Crippen LogP) is 1.02. The molecule has 0 aliphatic carbocycles. The van der Waals surface area contributed by atoms with E-state index in [1.54, 1.807) is 19.0 Å². The molecule has 28 heavy (non-hydrogen) atoms. The summed E-state index contributed by atoms with van der Waals surface area (Å²) in [5.74, 6) is 0.823. The van der Waals surface area contributed by atoms with E-state index in [1.807, 2.05) is 0 Å². The lowest BCUT2D eigenvalue weighted by Gasteiger charge is -2.36. The van der Waals surface area contributed by atoms with Gasteiger partial charge in [0.25, 0.3) is 0 Å². The molecule has 0 bridgehead atoms. The third-order valence-corrected chi connectivity index (χ3v) is 5.34. The van der Waals surface area contributed by atoms with Gasteiger partial charge in [-0.2, -0.15) is 0 Å². The van der Waals surface area contributed by atoms with Crippen LogP contribution in [0.25, 0.3) is 0 Å². The Morgan fingerprint density at radius 2 is 2.07 bits per heavy atom. The fraction of sp³-hybridized carbons (Fsp3) is 0.619. The van der Waals surface area contributed by atoms with Crippen LogP contribution < -0.4 is 5.32 Å². The average molecular weight is 388 g/mol. The van der Waals surface area contributed by atoms with Crippen molar-refractivity contribution < 1.29 is 9.53 Å². The molecule has 2 unspecified atom stereocenters. The van der Waals surface area contributed by atoms with Crippen molar-refractivity contribution in [3.63, 3.8) is 0 Å². The normalized spacial score (nSPS) is 22.8. The van der Waals surface area contributed by atoms with Crippen molar-refractivity contribution in [2.75, 3.05) is 53.4 Å². The van der Waals surface area contributed by atoms with E-state index < -0.39 is 0 Å². The van der Waals surface area contributed by atoms with Crippen molar-refractivity contribution in [3.05, 3.63) is 35.9 Å². The number of guanidine groups is 1. The molecule has 2 aliphatic rings. The summed E-state index contributed by atoms with van der Waals surface area (Å²) in [6, 6.07) is 10.9. The van der Waals surface area contributed by atoms with Gasteiger partial charge in [0.05, 0.1) is 18.8 Å². The zero-order valence-electron chi connectivity index (χ0n) is 17.3. The minimum atomic E-state index is 0.00867. The highest BCUT2D eigenvalue weighted by atomic mass is 16.5. The summed E-state index contributed by atoms with van der Waals surface area (Å²) in [6.45, 7) is 7.45. The van der Waals surface area contributed by atoms with Crippen LogP contribution in [0.1, 0.15) is 18.9 Å². The van der Waals surface area contributed by atoms with Gasteiger partial charge in [-0.05, 0) is 12.0 Å². The molecular formula is C21H33N5O2. The molecule has 7 heteroatoms. The van der Waals surface area contributed by atoms with Crippen LogP contribution in [0.15, 0.2) is 35.3 Å². The second-order valence-corrected chi connectivity index (χ2v) is 7.69. The van der Waals surface area contributed by atoms with E-state index in [-0.39, 0.29) is 18.6 Å². The van der Waals surface area contributed by atoms with Gasteiger partial charge in [-0.1, -0.05) is 37.3 Å². The number of aliphatic imine (C=N–C) groups is 1. The monoisotopic (exact) mass is 387 g/mol. The van der Waals surface area contributed by atoms with Gasteiger partial charge < -0.3 is 19.9 Å². The van der Waals surface area contributed by atoms with Gasteiger partial charge >= 0.3 is 0 Å². The van der Waals surface area contributed by atoms with Crippen LogP contribution in [0.5, 0.6) is 0 Å². The minimum Gasteiger partial charge on any atom is -0.373 e. The number of hydrogen-bond donors (Lipinski definition) is 1. The zero-order chi connectivity index (χ0) is 19.9. The summed E-state index contributed by atoms with van der Waals surface area (Å²) in [6.07, 6.45) is 1.19. The topological polar surface area (TPSA) is 60.4 Å². The number of likely N-dealkylation sites (N-methyl/N-ethyl adjacent to an activating group) is 1. The molecule has 1 aromatic rings. The third kappa shape index (κ3) is 5.23. The number of nitrogens with one attached hydrogen (secondary N) is 1. The van der Waals surface area contributed by atoms with Gasteiger partial charge in [-0.25, -0.2) is 4.99 Å². The van der Waals surface area contributed by atoms with Crippen molar-refractivity contribution in [3.8, 4) is 0 Å². The smallest absolute Gasteiger partial charge is 0.243 e. The van der Waals surface area contributed by atoms with Crippen LogP contribution >= 0.6 is 0 Å². The lowest BCUT2D eigenvalue weighted by Crippen LogP contribution is -2.50. The molecule has 2 saturated heterocycles. The number of carbonyl (C=O) groups is 1. The van der Waals surface area contributed by atoms with E-state index in [1.165, 1.54) is 5.56 Å². The van der Waals surface area contributed by atoms with Gasteiger partial charge in [-0.15, -0.1) is 0 Å². The van der Waals surface area contributed by atoms with E-state index in [0.29, 0.717) is 6.04 Å². The molecule has 1 N–H and O–H groups in total. The Morgan fingerprint density at radius 3 is 2.79 bits per heavy atom. The number of benzene rings is 1. The Morgan fingerprint density at radius 1 is 1.29 bits per heavy atom. The Labute approximate surface area is 168 Å². The number of morpholine rings is 1. The van der Waals surface area contributed by atoms with Crippen molar-refractivity contribution in [1.29, 1.82) is 0 Å². The minimum absolute atomic E-state index is 0.00867. The first-order chi connectivity index (χ1) is 13.6. The zero-order valence-corrected chi connectivity index (χ0v) is 17.3. The molecule has 2 heterocycles. The molecule has 0 spiro atoms. The first kappa shape index (κ1) is 20.6. The molecule has 2 atom stereocenters. The standard InChI is InChI=1S/C21H33N5O2/c1-4-10-22-21(23-13-20(27)24(2)3)26-15-18-19(16-26)28-12-11-25(18)14-17-8-6-5-7-9-17/h5-9,18-19H,4,10-16H2,1-3H3,(H,22,23). The summed E-state index contributed by atoms with van der Waals surface area (Å²) in [7, 11) is 3.52. The summed E-state index contributed by atoms with van der Waals surface area (Å²) in [5, 5.41) is 3.41. The summed E-state index contributed by atoms with van der Waals surface area (Å²) in [5.41, 5.74) is 1.33. The van der Waals surface area contributed by atoms with E-state index in [4.69, 9.17) is 4.74 Å². The molecule has 2 fully saturated rings. The van der Waals surface area contributed by atoms with E-state index in [0.717, 1.165) is 51.7 Å². The van der Waals surface area contributed by atoms with Crippen molar-refractivity contribution in [2.24, 2.45) is 4.99 Å². The number of ether oxygens (including phenoxy) is 1. The van der Waals surface area contributed by atoms with Crippen LogP contribution in [0.3, 0.4) is 0 Å². The Balaban J connectivity index is 1.68. The predicted molar refractivity (Wildman–Crippen MR) is 111 cm³/mol. The van der Waals surface area contributed by atoms with E-state index in [9.17, 15) is 4.79 Å². The maximum Gasteiger partial charge on any atom is 0.243 e. The maximum atomic E-state index is 12.0. The van der Waals surface area contributed by atoms with Crippen molar-refractivity contribution >= 4 is 11.9 Å². The average Bonchev–Trinajstić information content (AvgIpc) is 3.13. The van der Waals surface area contributed by atoms with Crippen molar-refractivity contribution in [2.45, 2.75) is 32.0 Å². The second-order valence-electron chi connectivity index (χ2n) is 7.69. The number of fused-ring (bicyclic) bond motifs is 1. The first-order valence-electron chi connectivity index (χ1n) is 10.2. The number of likely N-dealkylation sites (tertiary alicyclic amines) is 1. The Bertz CT molecular complexity index is 664. The lowest BCUT2D eigenvalue weighted by atomic mass is 10.1. The summed E-state index contributed by atoms with van der Waals surface area (Å²) >= 11 is 0. The number of amides is 1.